The molecule has 0 bridgehead atoms. The van der Waals surface area contributed by atoms with Crippen LogP contribution in [0.25, 0.3) is 11.0 Å². The van der Waals surface area contributed by atoms with Gasteiger partial charge in [0.05, 0.1) is 0 Å². The topological polar surface area (TPSA) is 34.4 Å². The maximum absolute atomic E-state index is 6.14. The first kappa shape index (κ1) is 17.3. The van der Waals surface area contributed by atoms with Crippen LogP contribution in [0.5, 0.6) is 5.75 Å². The van der Waals surface area contributed by atoms with Crippen LogP contribution in [-0.2, 0) is 0 Å². The van der Waals surface area contributed by atoms with Gasteiger partial charge in [-0.2, -0.15) is 0 Å². The number of benzene rings is 1. The van der Waals surface area contributed by atoms with Crippen molar-refractivity contribution < 1.29 is 9.15 Å². The van der Waals surface area contributed by atoms with E-state index in [4.69, 9.17) is 9.15 Å². The minimum Gasteiger partial charge on any atom is -0.490 e. The Morgan fingerprint density at radius 1 is 1.12 bits per heavy atom. The van der Waals surface area contributed by atoms with Crippen molar-refractivity contribution in [3.8, 4) is 5.75 Å². The van der Waals surface area contributed by atoms with Crippen LogP contribution in [0.15, 0.2) is 28.7 Å². The van der Waals surface area contributed by atoms with E-state index in [-0.39, 0.29) is 5.54 Å². The Labute approximate surface area is 145 Å². The molecule has 3 rings (SSSR count). The number of fused-ring (bicyclic) bond motifs is 1. The number of ether oxygens (including phenoxy) is 1. The summed E-state index contributed by atoms with van der Waals surface area (Å²) in [7, 11) is 0. The number of rotatable bonds is 5. The summed E-state index contributed by atoms with van der Waals surface area (Å²) in [5.74, 6) is 3.02. The van der Waals surface area contributed by atoms with Gasteiger partial charge in [0.1, 0.15) is 23.2 Å². The minimum absolute atomic E-state index is 0.175. The van der Waals surface area contributed by atoms with Crippen LogP contribution in [-0.4, -0.2) is 17.7 Å². The van der Waals surface area contributed by atoms with E-state index >= 15 is 0 Å². The van der Waals surface area contributed by atoms with Gasteiger partial charge in [-0.3, -0.25) is 0 Å². The van der Waals surface area contributed by atoms with Gasteiger partial charge in [0.15, 0.2) is 0 Å². The zero-order valence-corrected chi connectivity index (χ0v) is 15.8. The van der Waals surface area contributed by atoms with Gasteiger partial charge in [0.25, 0.3) is 0 Å². The smallest absolute Gasteiger partial charge is 0.134 e. The lowest BCUT2D eigenvalue weighted by atomic mass is 9.87. The molecule has 0 radical (unpaired) electrons. The fourth-order valence-electron chi connectivity index (χ4n) is 3.25. The third kappa shape index (κ3) is 3.94. The number of hydrogen-bond acceptors (Lipinski definition) is 3. The van der Waals surface area contributed by atoms with Crippen molar-refractivity contribution in [3.05, 3.63) is 30.0 Å². The van der Waals surface area contributed by atoms with Crippen LogP contribution in [0.3, 0.4) is 0 Å². The summed E-state index contributed by atoms with van der Waals surface area (Å²) in [5, 5.41) is 4.77. The molecular formula is C21H31NO2. The quantitative estimate of drug-likeness (QED) is 0.787. The molecule has 1 aromatic carbocycles. The van der Waals surface area contributed by atoms with Gasteiger partial charge in [-0.15, -0.1) is 0 Å². The van der Waals surface area contributed by atoms with Crippen molar-refractivity contribution in [2.45, 2.75) is 78.0 Å². The molecule has 1 atom stereocenters. The maximum atomic E-state index is 6.14. The molecule has 0 spiro atoms. The molecule has 3 nitrogen and oxygen atoms in total. The maximum Gasteiger partial charge on any atom is 0.134 e. The number of furan rings is 1. The summed E-state index contributed by atoms with van der Waals surface area (Å²) in [6, 6.07) is 8.91. The molecule has 132 valence electrons. The zero-order valence-electron chi connectivity index (χ0n) is 15.8. The van der Waals surface area contributed by atoms with Gasteiger partial charge in [0.2, 0.25) is 0 Å². The molecule has 1 N–H and O–H groups in total. The van der Waals surface area contributed by atoms with Crippen LogP contribution < -0.4 is 10.1 Å². The molecule has 1 heterocycles. The van der Waals surface area contributed by atoms with Crippen molar-refractivity contribution in [2.75, 3.05) is 0 Å². The van der Waals surface area contributed by atoms with E-state index < -0.39 is 0 Å². The summed E-state index contributed by atoms with van der Waals surface area (Å²) >= 11 is 0. The van der Waals surface area contributed by atoms with E-state index in [0.29, 0.717) is 24.0 Å². The highest BCUT2D eigenvalue weighted by atomic mass is 16.5. The van der Waals surface area contributed by atoms with Gasteiger partial charge in [0, 0.05) is 22.9 Å². The van der Waals surface area contributed by atoms with E-state index in [1.165, 1.54) is 0 Å². The Morgan fingerprint density at radius 3 is 2.46 bits per heavy atom. The van der Waals surface area contributed by atoms with E-state index in [0.717, 1.165) is 35.3 Å². The minimum atomic E-state index is 0.175. The Kier molecular flexibility index (Phi) is 4.65. The molecule has 1 aliphatic carbocycles. The summed E-state index contributed by atoms with van der Waals surface area (Å²) in [5.41, 5.74) is 1.13. The highest BCUT2D eigenvalue weighted by Crippen LogP contribution is 2.33. The molecular weight excluding hydrogens is 298 g/mol. The standard InChI is InChI=1S/C21H31NO2/c1-13(2)14(3)20-10-15-9-17(7-8-19(15)24-20)23-18-11-16(12-18)22-21(4,5)6/h7-10,13-14,16,18,22H,11-12H2,1-6H3/t14-,16?,18?/m1/s1. The summed E-state index contributed by atoms with van der Waals surface area (Å²) < 4.78 is 12.1. The van der Waals surface area contributed by atoms with Crippen LogP contribution in [0, 0.1) is 5.92 Å². The third-order valence-corrected chi connectivity index (χ3v) is 4.99. The van der Waals surface area contributed by atoms with Gasteiger partial charge in [-0.1, -0.05) is 20.8 Å². The lowest BCUT2D eigenvalue weighted by molar-refractivity contribution is 0.0735. The highest BCUT2D eigenvalue weighted by Gasteiger charge is 2.33. The fraction of sp³-hybridized carbons (Fsp3) is 0.619. The average molecular weight is 329 g/mol. The van der Waals surface area contributed by atoms with E-state index in [1.54, 1.807) is 0 Å². The zero-order chi connectivity index (χ0) is 17.5. The predicted octanol–water partition coefficient (Wildman–Crippen LogP) is 5.49. The number of nitrogens with one attached hydrogen (secondary N) is 1. The molecule has 1 fully saturated rings. The molecule has 0 aliphatic heterocycles. The van der Waals surface area contributed by atoms with Crippen LogP contribution in [0.1, 0.15) is 66.1 Å². The average Bonchev–Trinajstić information content (AvgIpc) is 2.85. The SMILES string of the molecule is CC(C)[C@@H](C)c1cc2cc(OC3CC(NC(C)(C)C)C3)ccc2o1. The Hall–Kier alpha value is -1.48. The first-order valence-electron chi connectivity index (χ1n) is 9.19. The van der Waals surface area contributed by atoms with Gasteiger partial charge in [-0.25, -0.2) is 0 Å². The highest BCUT2D eigenvalue weighted by molar-refractivity contribution is 5.79. The summed E-state index contributed by atoms with van der Waals surface area (Å²) in [6.45, 7) is 13.3. The third-order valence-electron chi connectivity index (χ3n) is 4.99. The lowest BCUT2D eigenvalue weighted by Crippen LogP contribution is -2.53. The fourth-order valence-corrected chi connectivity index (χ4v) is 3.25. The van der Waals surface area contributed by atoms with Gasteiger partial charge < -0.3 is 14.5 Å². The first-order chi connectivity index (χ1) is 11.2. The van der Waals surface area contributed by atoms with E-state index in [2.05, 4.69) is 59.0 Å². The Balaban J connectivity index is 1.62. The van der Waals surface area contributed by atoms with Crippen LogP contribution >= 0.6 is 0 Å². The van der Waals surface area contributed by atoms with Gasteiger partial charge >= 0.3 is 0 Å². The van der Waals surface area contributed by atoms with Crippen LogP contribution in [0.2, 0.25) is 0 Å². The molecule has 3 heteroatoms. The second-order valence-corrected chi connectivity index (χ2v) is 8.68. The van der Waals surface area contributed by atoms with E-state index in [1.807, 2.05) is 12.1 Å². The predicted molar refractivity (Wildman–Crippen MR) is 99.8 cm³/mol. The van der Waals surface area contributed by atoms with Crippen LogP contribution in [0.4, 0.5) is 0 Å². The normalized spacial score (nSPS) is 22.6. The largest absolute Gasteiger partial charge is 0.490 e. The second kappa shape index (κ2) is 6.44. The Bertz CT molecular complexity index is 689. The first-order valence-corrected chi connectivity index (χ1v) is 9.19. The van der Waals surface area contributed by atoms with Crippen molar-refractivity contribution in [1.82, 2.24) is 5.32 Å². The molecule has 2 aromatic rings. The molecule has 1 saturated carbocycles. The monoisotopic (exact) mass is 329 g/mol. The van der Waals surface area contributed by atoms with Gasteiger partial charge in [-0.05, 0) is 63.8 Å². The van der Waals surface area contributed by atoms with Crippen molar-refractivity contribution in [2.24, 2.45) is 5.92 Å². The summed E-state index contributed by atoms with van der Waals surface area (Å²) in [6.07, 6.45) is 2.48. The molecule has 0 unspecified atom stereocenters. The summed E-state index contributed by atoms with van der Waals surface area (Å²) in [4.78, 5) is 0. The van der Waals surface area contributed by atoms with Crippen molar-refractivity contribution >= 4 is 11.0 Å². The molecule has 1 aromatic heterocycles. The molecule has 24 heavy (non-hydrogen) atoms. The lowest BCUT2D eigenvalue weighted by Gasteiger charge is -2.40. The van der Waals surface area contributed by atoms with Crippen molar-refractivity contribution in [1.29, 1.82) is 0 Å². The van der Waals surface area contributed by atoms with E-state index in [9.17, 15) is 0 Å². The van der Waals surface area contributed by atoms with Crippen molar-refractivity contribution in [3.63, 3.8) is 0 Å². The molecule has 0 saturated heterocycles. The molecule has 1 aliphatic rings. The Morgan fingerprint density at radius 2 is 1.83 bits per heavy atom. The second-order valence-electron chi connectivity index (χ2n) is 8.68. The number of hydrogen-bond donors (Lipinski definition) is 1. The molecule has 0 amide bonds.